The lowest BCUT2D eigenvalue weighted by molar-refractivity contribution is -0.129. The second kappa shape index (κ2) is 21.1. The number of amides is 3. The molecular formula is C36H56N10O6. The zero-order valence-corrected chi connectivity index (χ0v) is 30.6. The molecule has 1 aromatic carbocycles. The first-order valence-corrected chi connectivity index (χ1v) is 18.5. The Kier molecular flexibility index (Phi) is 16.3. The lowest BCUT2D eigenvalue weighted by atomic mass is 9.93. The Balaban J connectivity index is 1.20. The molecular weight excluding hydrogens is 668 g/mol. The van der Waals surface area contributed by atoms with Gasteiger partial charge in [0, 0.05) is 26.1 Å². The highest BCUT2D eigenvalue weighted by atomic mass is 16.6. The van der Waals surface area contributed by atoms with Crippen molar-refractivity contribution in [3.05, 3.63) is 45.9 Å². The maximum Gasteiger partial charge on any atom is 0.328 e. The molecule has 3 aromatic rings. The van der Waals surface area contributed by atoms with Gasteiger partial charge in [-0.05, 0) is 81.5 Å². The molecule has 0 spiro atoms. The number of nitrogens with zero attached hydrogens (tertiary/aromatic N) is 4. The van der Waals surface area contributed by atoms with E-state index in [1.807, 2.05) is 19.1 Å². The van der Waals surface area contributed by atoms with Gasteiger partial charge >= 0.3 is 11.7 Å². The van der Waals surface area contributed by atoms with Crippen LogP contribution in [0.25, 0.3) is 11.2 Å². The molecule has 52 heavy (non-hydrogen) atoms. The minimum Gasteiger partial charge on any atom is -0.463 e. The van der Waals surface area contributed by atoms with E-state index in [9.17, 15) is 19.2 Å². The van der Waals surface area contributed by atoms with Gasteiger partial charge in [0.15, 0.2) is 11.5 Å². The molecule has 0 unspecified atom stereocenters. The Morgan fingerprint density at radius 3 is 2.38 bits per heavy atom. The van der Waals surface area contributed by atoms with Crippen LogP contribution in [-0.2, 0) is 32.3 Å². The second-order valence-corrected chi connectivity index (χ2v) is 13.5. The van der Waals surface area contributed by atoms with Gasteiger partial charge in [0.2, 0.25) is 17.7 Å². The fraction of sp³-hybridized carbons (Fsp3) is 0.611. The van der Waals surface area contributed by atoms with E-state index in [4.69, 9.17) is 16.4 Å². The van der Waals surface area contributed by atoms with Gasteiger partial charge in [-0.3, -0.25) is 28.7 Å². The molecule has 0 radical (unpaired) electrons. The van der Waals surface area contributed by atoms with E-state index < -0.39 is 6.04 Å². The van der Waals surface area contributed by atoms with Crippen LogP contribution in [0.2, 0.25) is 0 Å². The standard InChI is InChI=1S/C36H56N10O6/c1-3-5-21-51-35-43-32(37)31-33(44-35)46(36(50)42-31)23-27-12-10-26(11-13-27)22-45-19-15-25(16-20-45)14-18-40-34(49)28(41-29(47)8-4-2)9-6-7-17-39-30(48)24-52-38/h10-13,25,28H,3-9,14-24,38H2,1-2H3,(H,39,48)(H,40,49)(H,41,47)(H,42,50)(H2,37,43,44)/t28-/m0/s1. The van der Waals surface area contributed by atoms with Crippen molar-refractivity contribution in [1.82, 2.24) is 40.4 Å². The summed E-state index contributed by atoms with van der Waals surface area (Å²) in [6, 6.07) is 7.83. The predicted octanol–water partition coefficient (Wildman–Crippen LogP) is 2.11. The van der Waals surface area contributed by atoms with Gasteiger partial charge in [-0.1, -0.05) is 44.5 Å². The van der Waals surface area contributed by atoms with Crippen molar-refractivity contribution in [3.8, 4) is 6.01 Å². The molecule has 1 fully saturated rings. The monoisotopic (exact) mass is 724 g/mol. The number of ether oxygens (including phenoxy) is 1. The first-order valence-electron chi connectivity index (χ1n) is 18.5. The third kappa shape index (κ3) is 12.6. The smallest absolute Gasteiger partial charge is 0.328 e. The van der Waals surface area contributed by atoms with Crippen LogP contribution in [0, 0.1) is 5.92 Å². The molecule has 2 aromatic heterocycles. The number of unbranched alkanes of at least 4 members (excludes halogenated alkanes) is 2. The largest absolute Gasteiger partial charge is 0.463 e. The van der Waals surface area contributed by atoms with Crippen molar-refractivity contribution in [2.45, 2.75) is 97.2 Å². The summed E-state index contributed by atoms with van der Waals surface area (Å²) in [6.07, 6.45) is 7.73. The van der Waals surface area contributed by atoms with Gasteiger partial charge in [-0.2, -0.15) is 9.97 Å². The van der Waals surface area contributed by atoms with E-state index >= 15 is 0 Å². The fourth-order valence-corrected chi connectivity index (χ4v) is 6.29. The number of hydrogen-bond acceptors (Lipinski definition) is 11. The number of carbonyl (C=O) groups is 3. The molecule has 1 aliphatic heterocycles. The van der Waals surface area contributed by atoms with Crippen molar-refractivity contribution >= 4 is 34.7 Å². The third-order valence-corrected chi connectivity index (χ3v) is 9.27. The molecule has 0 aliphatic carbocycles. The number of piperidine rings is 1. The Morgan fingerprint density at radius 1 is 0.962 bits per heavy atom. The van der Waals surface area contributed by atoms with Crippen molar-refractivity contribution in [2.24, 2.45) is 11.8 Å². The summed E-state index contributed by atoms with van der Waals surface area (Å²) in [6.45, 7) is 8.40. The molecule has 4 rings (SSSR count). The van der Waals surface area contributed by atoms with Gasteiger partial charge in [-0.25, -0.2) is 10.7 Å². The molecule has 1 saturated heterocycles. The number of anilines is 1. The number of hydrogen-bond donors (Lipinski definition) is 6. The number of fused-ring (bicyclic) bond motifs is 1. The number of carbonyl (C=O) groups excluding carboxylic acids is 3. The number of nitrogens with one attached hydrogen (secondary N) is 4. The molecule has 286 valence electrons. The van der Waals surface area contributed by atoms with Crippen LogP contribution in [0.15, 0.2) is 29.1 Å². The van der Waals surface area contributed by atoms with Crippen LogP contribution < -0.4 is 38.0 Å². The maximum absolute atomic E-state index is 13.0. The lowest BCUT2D eigenvalue weighted by Gasteiger charge is -2.32. The van der Waals surface area contributed by atoms with E-state index in [1.54, 1.807) is 4.57 Å². The summed E-state index contributed by atoms with van der Waals surface area (Å²) in [7, 11) is 0. The van der Waals surface area contributed by atoms with E-state index in [-0.39, 0.29) is 41.8 Å². The first kappa shape index (κ1) is 40.2. The summed E-state index contributed by atoms with van der Waals surface area (Å²) in [4.78, 5) is 67.8. The lowest BCUT2D eigenvalue weighted by Crippen LogP contribution is -2.47. The number of nitrogen functional groups attached to an aromatic ring is 1. The highest BCUT2D eigenvalue weighted by molar-refractivity contribution is 5.87. The van der Waals surface area contributed by atoms with Gasteiger partial charge in [0.25, 0.3) is 0 Å². The first-order chi connectivity index (χ1) is 25.2. The van der Waals surface area contributed by atoms with Crippen LogP contribution in [0.4, 0.5) is 5.82 Å². The Morgan fingerprint density at radius 2 is 1.69 bits per heavy atom. The summed E-state index contributed by atoms with van der Waals surface area (Å²) in [5, 5.41) is 8.62. The van der Waals surface area contributed by atoms with Gasteiger partial charge in [0.05, 0.1) is 13.2 Å². The molecule has 1 aliphatic rings. The molecule has 0 saturated carbocycles. The number of benzene rings is 1. The zero-order chi connectivity index (χ0) is 37.3. The minimum absolute atomic E-state index is 0.134. The molecule has 16 nitrogen and oxygen atoms in total. The van der Waals surface area contributed by atoms with Crippen molar-refractivity contribution in [3.63, 3.8) is 0 Å². The van der Waals surface area contributed by atoms with E-state index in [2.05, 4.69) is 59.7 Å². The number of aromatic amines is 1. The number of nitrogens with two attached hydrogens (primary N) is 2. The van der Waals surface area contributed by atoms with Crippen molar-refractivity contribution < 1.29 is 24.0 Å². The maximum atomic E-state index is 13.0. The normalized spacial score (nSPS) is 14.3. The number of likely N-dealkylation sites (tertiary alicyclic amines) is 1. The molecule has 1 atom stereocenters. The van der Waals surface area contributed by atoms with Crippen LogP contribution in [0.3, 0.4) is 0 Å². The highest BCUT2D eigenvalue weighted by Crippen LogP contribution is 2.23. The number of imidazole rings is 1. The van der Waals surface area contributed by atoms with E-state index in [1.165, 1.54) is 5.56 Å². The number of rotatable bonds is 22. The predicted molar refractivity (Wildman–Crippen MR) is 198 cm³/mol. The van der Waals surface area contributed by atoms with Crippen molar-refractivity contribution in [2.75, 3.05) is 45.1 Å². The summed E-state index contributed by atoms with van der Waals surface area (Å²) < 4.78 is 7.20. The van der Waals surface area contributed by atoms with Gasteiger partial charge < -0.3 is 31.4 Å². The molecule has 16 heteroatoms. The molecule has 3 amide bonds. The highest BCUT2D eigenvalue weighted by Gasteiger charge is 2.23. The van der Waals surface area contributed by atoms with E-state index in [0.29, 0.717) is 75.4 Å². The summed E-state index contributed by atoms with van der Waals surface area (Å²) in [5.41, 5.74) is 8.78. The second-order valence-electron chi connectivity index (χ2n) is 13.5. The zero-order valence-electron chi connectivity index (χ0n) is 30.6. The molecule has 0 bridgehead atoms. The van der Waals surface area contributed by atoms with Crippen LogP contribution in [0.1, 0.15) is 89.2 Å². The molecule has 8 N–H and O–H groups in total. The quantitative estimate of drug-likeness (QED) is 0.0650. The Hall–Kier alpha value is -4.54. The Labute approximate surface area is 304 Å². The van der Waals surface area contributed by atoms with Crippen LogP contribution >= 0.6 is 0 Å². The summed E-state index contributed by atoms with van der Waals surface area (Å²) in [5.74, 6) is 5.01. The average Bonchev–Trinajstić information content (AvgIpc) is 3.44. The van der Waals surface area contributed by atoms with Crippen LogP contribution in [-0.4, -0.2) is 87.6 Å². The van der Waals surface area contributed by atoms with Gasteiger partial charge in [0.1, 0.15) is 18.2 Å². The molecule has 3 heterocycles. The number of H-pyrrole nitrogens is 1. The number of aromatic nitrogens is 4. The Bertz CT molecular complexity index is 1630. The SMILES string of the molecule is CCCCOc1nc(N)c2[nH]c(=O)n(Cc3ccc(CN4CCC(CCNC(=O)[C@H](CCCCNC(=O)CON)NC(=O)CCC)CC4)cc3)c2n1. The summed E-state index contributed by atoms with van der Waals surface area (Å²) >= 11 is 0. The topological polar surface area (TPSA) is 225 Å². The van der Waals surface area contributed by atoms with Gasteiger partial charge in [-0.15, -0.1) is 0 Å². The average molecular weight is 725 g/mol. The fourth-order valence-electron chi connectivity index (χ4n) is 6.29. The minimum atomic E-state index is -0.603. The van der Waals surface area contributed by atoms with E-state index in [0.717, 1.165) is 57.3 Å². The van der Waals surface area contributed by atoms with Crippen molar-refractivity contribution in [1.29, 1.82) is 0 Å². The van der Waals surface area contributed by atoms with Crippen LogP contribution in [0.5, 0.6) is 6.01 Å². The third-order valence-electron chi connectivity index (χ3n) is 9.27.